The van der Waals surface area contributed by atoms with Crippen LogP contribution < -0.4 is 4.74 Å². The zero-order chi connectivity index (χ0) is 21.9. The van der Waals surface area contributed by atoms with Gasteiger partial charge in [-0.2, -0.15) is 0 Å². The number of fused-ring (bicyclic) bond motifs is 1. The molecule has 4 nitrogen and oxygen atoms in total. The summed E-state index contributed by atoms with van der Waals surface area (Å²) in [5.41, 5.74) is 2.27. The van der Waals surface area contributed by atoms with Crippen molar-refractivity contribution in [1.29, 1.82) is 0 Å². The average Bonchev–Trinajstić information content (AvgIpc) is 3.47. The van der Waals surface area contributed by atoms with Crippen LogP contribution in [-0.2, 0) is 0 Å². The number of phenolic OH excluding ortho intramolecular Hbond substituents is 1. The number of carbonyl (C=O) groups excluding carboxylic acids is 1. The number of rotatable bonds is 7. The molecule has 0 atom stereocenters. The maximum atomic E-state index is 13.5. The van der Waals surface area contributed by atoms with Crippen molar-refractivity contribution in [3.8, 4) is 21.9 Å². The highest BCUT2D eigenvalue weighted by molar-refractivity contribution is 7.22. The maximum Gasteiger partial charge on any atom is 0.195 e. The average molecular weight is 444 g/mol. The van der Waals surface area contributed by atoms with Crippen LogP contribution in [0.15, 0.2) is 72.8 Å². The SMILES string of the molecule is O=C(c1ccc(O)cc1)c1c(-c2ccc(OCCN3CCCC3)cc2)sc2ccccc12. The van der Waals surface area contributed by atoms with Gasteiger partial charge in [0.2, 0.25) is 0 Å². The summed E-state index contributed by atoms with van der Waals surface area (Å²) < 4.78 is 7.03. The van der Waals surface area contributed by atoms with E-state index in [1.807, 2.05) is 48.5 Å². The number of ether oxygens (including phenoxy) is 1. The van der Waals surface area contributed by atoms with Crippen molar-refractivity contribution in [2.24, 2.45) is 0 Å². The van der Waals surface area contributed by atoms with E-state index in [-0.39, 0.29) is 11.5 Å². The van der Waals surface area contributed by atoms with Crippen molar-refractivity contribution >= 4 is 27.2 Å². The third kappa shape index (κ3) is 4.27. The van der Waals surface area contributed by atoms with Crippen LogP contribution in [0.1, 0.15) is 28.8 Å². The molecule has 4 aromatic rings. The second-order valence-electron chi connectivity index (χ2n) is 8.10. The van der Waals surface area contributed by atoms with E-state index in [0.29, 0.717) is 17.7 Å². The summed E-state index contributed by atoms with van der Waals surface area (Å²) in [6, 6.07) is 22.5. The number of hydrogen-bond donors (Lipinski definition) is 1. The van der Waals surface area contributed by atoms with Gasteiger partial charge in [-0.1, -0.05) is 18.2 Å². The van der Waals surface area contributed by atoms with E-state index < -0.39 is 0 Å². The molecule has 1 N–H and O–H groups in total. The molecule has 0 unspecified atom stereocenters. The molecule has 5 heteroatoms. The number of likely N-dealkylation sites (tertiary alicyclic amines) is 1. The van der Waals surface area contributed by atoms with E-state index in [4.69, 9.17) is 4.74 Å². The predicted octanol–water partition coefficient (Wildman–Crippen LogP) is 5.98. The van der Waals surface area contributed by atoms with Crippen molar-refractivity contribution < 1.29 is 14.6 Å². The Labute approximate surface area is 191 Å². The Bertz CT molecular complexity index is 1220. The third-order valence-corrected chi connectivity index (χ3v) is 7.16. The molecule has 5 rings (SSSR count). The highest BCUT2D eigenvalue weighted by Crippen LogP contribution is 2.40. The fourth-order valence-corrected chi connectivity index (χ4v) is 5.44. The van der Waals surface area contributed by atoms with Gasteiger partial charge in [-0.25, -0.2) is 0 Å². The Kier molecular flexibility index (Phi) is 5.93. The first kappa shape index (κ1) is 20.7. The number of phenols is 1. The zero-order valence-corrected chi connectivity index (χ0v) is 18.6. The number of ketones is 1. The summed E-state index contributed by atoms with van der Waals surface area (Å²) in [5.74, 6) is 0.959. The number of nitrogens with zero attached hydrogens (tertiary/aromatic N) is 1. The van der Waals surface area contributed by atoms with E-state index in [2.05, 4.69) is 4.90 Å². The van der Waals surface area contributed by atoms with Gasteiger partial charge in [0.15, 0.2) is 5.78 Å². The molecule has 1 saturated heterocycles. The Hall–Kier alpha value is -3.15. The fourth-order valence-electron chi connectivity index (χ4n) is 4.23. The second kappa shape index (κ2) is 9.15. The van der Waals surface area contributed by atoms with E-state index in [1.54, 1.807) is 35.6 Å². The van der Waals surface area contributed by atoms with E-state index in [9.17, 15) is 9.90 Å². The lowest BCUT2D eigenvalue weighted by Gasteiger charge is -2.15. The smallest absolute Gasteiger partial charge is 0.195 e. The lowest BCUT2D eigenvalue weighted by Crippen LogP contribution is -2.25. The fraction of sp³-hybridized carbons (Fsp3) is 0.222. The molecule has 1 fully saturated rings. The molecule has 1 aliphatic rings. The van der Waals surface area contributed by atoms with Crippen molar-refractivity contribution in [1.82, 2.24) is 4.90 Å². The topological polar surface area (TPSA) is 49.8 Å². The first-order valence-corrected chi connectivity index (χ1v) is 11.8. The molecule has 1 aliphatic heterocycles. The van der Waals surface area contributed by atoms with Crippen molar-refractivity contribution in [3.05, 3.63) is 83.9 Å². The predicted molar refractivity (Wildman–Crippen MR) is 130 cm³/mol. The summed E-state index contributed by atoms with van der Waals surface area (Å²) in [7, 11) is 0. The Morgan fingerprint density at radius 2 is 1.66 bits per heavy atom. The lowest BCUT2D eigenvalue weighted by molar-refractivity contribution is 0.104. The first-order valence-electron chi connectivity index (χ1n) is 11.0. The molecule has 3 aromatic carbocycles. The van der Waals surface area contributed by atoms with Crippen LogP contribution >= 0.6 is 11.3 Å². The van der Waals surface area contributed by atoms with Gasteiger partial charge < -0.3 is 9.84 Å². The number of thiophene rings is 1. The van der Waals surface area contributed by atoms with Gasteiger partial charge >= 0.3 is 0 Å². The van der Waals surface area contributed by atoms with Crippen molar-refractivity contribution in [2.75, 3.05) is 26.2 Å². The molecular formula is C27H25NO3S. The van der Waals surface area contributed by atoms with Crippen LogP contribution in [0, 0.1) is 0 Å². The lowest BCUT2D eigenvalue weighted by atomic mass is 9.97. The minimum Gasteiger partial charge on any atom is -0.508 e. The molecule has 0 bridgehead atoms. The summed E-state index contributed by atoms with van der Waals surface area (Å²) in [5, 5.41) is 10.6. The highest BCUT2D eigenvalue weighted by atomic mass is 32.1. The van der Waals surface area contributed by atoms with Gasteiger partial charge in [0.05, 0.1) is 0 Å². The van der Waals surface area contributed by atoms with Crippen LogP contribution in [0.25, 0.3) is 20.5 Å². The summed E-state index contributed by atoms with van der Waals surface area (Å²) >= 11 is 1.63. The zero-order valence-electron chi connectivity index (χ0n) is 17.8. The molecule has 0 spiro atoms. The van der Waals surface area contributed by atoms with Crippen LogP contribution in [-0.4, -0.2) is 42.0 Å². The Morgan fingerprint density at radius 1 is 0.938 bits per heavy atom. The van der Waals surface area contributed by atoms with Crippen LogP contribution in [0.3, 0.4) is 0 Å². The Morgan fingerprint density at radius 3 is 2.41 bits per heavy atom. The molecule has 1 aromatic heterocycles. The van der Waals surface area contributed by atoms with Crippen LogP contribution in [0.2, 0.25) is 0 Å². The highest BCUT2D eigenvalue weighted by Gasteiger charge is 2.21. The molecule has 0 saturated carbocycles. The monoisotopic (exact) mass is 443 g/mol. The van der Waals surface area contributed by atoms with E-state index in [0.717, 1.165) is 32.8 Å². The normalized spacial score (nSPS) is 14.1. The Balaban J connectivity index is 1.42. The number of carbonyl (C=O) groups is 1. The molecule has 0 amide bonds. The number of hydrogen-bond acceptors (Lipinski definition) is 5. The number of benzene rings is 3. The van der Waals surface area contributed by atoms with Crippen LogP contribution in [0.5, 0.6) is 11.5 Å². The largest absolute Gasteiger partial charge is 0.508 e. The van der Waals surface area contributed by atoms with Gasteiger partial charge in [-0.3, -0.25) is 9.69 Å². The van der Waals surface area contributed by atoms with Gasteiger partial charge in [-0.15, -0.1) is 11.3 Å². The summed E-state index contributed by atoms with van der Waals surface area (Å²) in [4.78, 5) is 16.8. The van der Waals surface area contributed by atoms with E-state index in [1.165, 1.54) is 25.9 Å². The summed E-state index contributed by atoms with van der Waals surface area (Å²) in [6.45, 7) is 3.99. The minimum absolute atomic E-state index is 0.0385. The number of aromatic hydroxyl groups is 1. The quantitative estimate of drug-likeness (QED) is 0.357. The van der Waals surface area contributed by atoms with E-state index >= 15 is 0 Å². The molecular weight excluding hydrogens is 418 g/mol. The second-order valence-corrected chi connectivity index (χ2v) is 9.15. The molecule has 0 radical (unpaired) electrons. The molecule has 2 heterocycles. The van der Waals surface area contributed by atoms with Gasteiger partial charge in [0.25, 0.3) is 0 Å². The van der Waals surface area contributed by atoms with Crippen LogP contribution in [0.4, 0.5) is 0 Å². The molecule has 32 heavy (non-hydrogen) atoms. The van der Waals surface area contributed by atoms with Gasteiger partial charge in [0.1, 0.15) is 18.1 Å². The van der Waals surface area contributed by atoms with Crippen molar-refractivity contribution in [3.63, 3.8) is 0 Å². The first-order chi connectivity index (χ1) is 15.7. The van der Waals surface area contributed by atoms with Gasteiger partial charge in [0, 0.05) is 32.6 Å². The minimum atomic E-state index is -0.0385. The maximum absolute atomic E-state index is 13.5. The molecule has 0 aliphatic carbocycles. The standard InChI is InChI=1S/C27H25NO3S/c29-21-11-7-19(8-12-21)26(30)25-23-5-1-2-6-24(23)32-27(25)20-9-13-22(14-10-20)31-18-17-28-15-3-4-16-28/h1-2,5-14,29H,3-4,15-18H2. The molecule has 162 valence electrons. The third-order valence-electron chi connectivity index (χ3n) is 5.94. The van der Waals surface area contributed by atoms with Crippen molar-refractivity contribution in [2.45, 2.75) is 12.8 Å². The van der Waals surface area contributed by atoms with Gasteiger partial charge in [-0.05, 0) is 86.1 Å². The summed E-state index contributed by atoms with van der Waals surface area (Å²) in [6.07, 6.45) is 2.57.